The molecule has 1 aliphatic carbocycles. The Morgan fingerprint density at radius 3 is 1.97 bits per heavy atom. The van der Waals surface area contributed by atoms with Crippen molar-refractivity contribution in [3.8, 4) is 5.69 Å². The maximum atomic E-state index is 13.0. The fourth-order valence-corrected chi connectivity index (χ4v) is 3.99. The molecule has 3 aromatic rings. The molecular formula is C23H21F6N5O. The maximum Gasteiger partial charge on any atom is 0.433 e. The summed E-state index contributed by atoms with van der Waals surface area (Å²) in [5, 5.41) is 5.71. The van der Waals surface area contributed by atoms with Crippen LogP contribution >= 0.6 is 0 Å². The number of alkyl halides is 6. The van der Waals surface area contributed by atoms with Crippen LogP contribution in [0.3, 0.4) is 0 Å². The second-order valence-corrected chi connectivity index (χ2v) is 8.30. The third kappa shape index (κ3) is 6.11. The lowest BCUT2D eigenvalue weighted by atomic mass is 9.90. The largest absolute Gasteiger partial charge is 0.433 e. The maximum absolute atomic E-state index is 13.0. The van der Waals surface area contributed by atoms with Gasteiger partial charge in [-0.05, 0) is 62.1 Å². The van der Waals surface area contributed by atoms with Crippen LogP contribution in [0.1, 0.15) is 47.4 Å². The standard InChI is InChI=1S/C23H21F6N5O/c24-22(25,26)19-11-17(12-20(33-19)23(27,28)29)31-15-3-5-16(6-4-15)32-21(35)14-1-7-18(8-2-14)34-10-9-30-13-34/h1-2,7-13,15-16H,3-6H2,(H,31,33)(H,32,35). The molecule has 0 radical (unpaired) electrons. The molecule has 2 N–H and O–H groups in total. The molecular weight excluding hydrogens is 476 g/mol. The van der Waals surface area contributed by atoms with Crippen molar-refractivity contribution < 1.29 is 31.1 Å². The first kappa shape index (κ1) is 24.6. The molecule has 0 bridgehead atoms. The normalized spacial score (nSPS) is 18.8. The number of nitrogens with one attached hydrogen (secondary N) is 2. The zero-order valence-corrected chi connectivity index (χ0v) is 18.2. The van der Waals surface area contributed by atoms with E-state index in [9.17, 15) is 31.1 Å². The van der Waals surface area contributed by atoms with Crippen molar-refractivity contribution in [2.45, 2.75) is 50.1 Å². The molecule has 1 aromatic carbocycles. The Kier molecular flexibility index (Phi) is 6.73. The quantitative estimate of drug-likeness (QED) is 0.460. The predicted molar refractivity (Wildman–Crippen MR) is 115 cm³/mol. The van der Waals surface area contributed by atoms with Gasteiger partial charge in [0, 0.05) is 41.4 Å². The van der Waals surface area contributed by atoms with E-state index in [-0.39, 0.29) is 23.7 Å². The molecule has 0 unspecified atom stereocenters. The number of anilines is 1. The van der Waals surface area contributed by atoms with Crippen LogP contribution < -0.4 is 10.6 Å². The lowest BCUT2D eigenvalue weighted by Gasteiger charge is -2.30. The van der Waals surface area contributed by atoms with Gasteiger partial charge in [-0.3, -0.25) is 4.79 Å². The molecule has 4 rings (SSSR count). The number of carbonyl (C=O) groups is 1. The molecule has 35 heavy (non-hydrogen) atoms. The van der Waals surface area contributed by atoms with Crippen LogP contribution in [0.25, 0.3) is 5.69 Å². The number of halogens is 6. The van der Waals surface area contributed by atoms with Gasteiger partial charge in [-0.2, -0.15) is 26.3 Å². The zero-order valence-electron chi connectivity index (χ0n) is 18.2. The minimum Gasteiger partial charge on any atom is -0.382 e. The number of carbonyl (C=O) groups excluding carboxylic acids is 1. The SMILES string of the molecule is O=C(NC1CCC(Nc2cc(C(F)(F)F)nc(C(F)(F)F)c2)CC1)c1ccc(-n2ccnc2)cc1. The molecule has 0 aliphatic heterocycles. The average molecular weight is 497 g/mol. The second kappa shape index (κ2) is 9.59. The van der Waals surface area contributed by atoms with Crippen molar-refractivity contribution in [3.63, 3.8) is 0 Å². The number of rotatable bonds is 5. The van der Waals surface area contributed by atoms with E-state index >= 15 is 0 Å². The summed E-state index contributed by atoms with van der Waals surface area (Å²) in [6.07, 6.45) is -2.95. The van der Waals surface area contributed by atoms with Gasteiger partial charge >= 0.3 is 12.4 Å². The van der Waals surface area contributed by atoms with Crippen LogP contribution in [0.2, 0.25) is 0 Å². The van der Waals surface area contributed by atoms with Gasteiger partial charge in [-0.1, -0.05) is 0 Å². The van der Waals surface area contributed by atoms with Crippen LogP contribution in [0.15, 0.2) is 55.1 Å². The van der Waals surface area contributed by atoms with E-state index < -0.39 is 23.7 Å². The van der Waals surface area contributed by atoms with Gasteiger partial charge in [0.25, 0.3) is 5.91 Å². The summed E-state index contributed by atoms with van der Waals surface area (Å²) in [4.78, 5) is 19.3. The predicted octanol–water partition coefficient (Wildman–Crippen LogP) is 5.46. The molecule has 0 saturated heterocycles. The lowest BCUT2D eigenvalue weighted by molar-refractivity contribution is -0.150. The number of amides is 1. The first-order valence-electron chi connectivity index (χ1n) is 10.8. The van der Waals surface area contributed by atoms with E-state index in [0.717, 1.165) is 5.69 Å². The summed E-state index contributed by atoms with van der Waals surface area (Å²) >= 11 is 0. The summed E-state index contributed by atoms with van der Waals surface area (Å²) in [6, 6.07) is 7.64. The van der Waals surface area contributed by atoms with E-state index in [1.54, 1.807) is 47.6 Å². The lowest BCUT2D eigenvalue weighted by Crippen LogP contribution is -2.40. The Balaban J connectivity index is 1.34. The van der Waals surface area contributed by atoms with Crippen LogP contribution in [-0.4, -0.2) is 32.5 Å². The molecule has 2 aromatic heterocycles. The Bertz CT molecular complexity index is 1120. The topological polar surface area (TPSA) is 71.8 Å². The van der Waals surface area contributed by atoms with Crippen LogP contribution in [0.5, 0.6) is 0 Å². The van der Waals surface area contributed by atoms with Gasteiger partial charge in [0.15, 0.2) is 0 Å². The van der Waals surface area contributed by atoms with E-state index in [1.807, 2.05) is 0 Å². The molecule has 1 fully saturated rings. The number of nitrogens with zero attached hydrogens (tertiary/aromatic N) is 3. The number of pyridine rings is 1. The summed E-state index contributed by atoms with van der Waals surface area (Å²) in [6.45, 7) is 0. The van der Waals surface area contributed by atoms with Gasteiger partial charge in [-0.25, -0.2) is 9.97 Å². The Labute approximate surface area is 196 Å². The Morgan fingerprint density at radius 2 is 1.46 bits per heavy atom. The van der Waals surface area contributed by atoms with Crippen molar-refractivity contribution >= 4 is 11.6 Å². The zero-order chi connectivity index (χ0) is 25.2. The second-order valence-electron chi connectivity index (χ2n) is 8.30. The highest BCUT2D eigenvalue weighted by molar-refractivity contribution is 5.94. The van der Waals surface area contributed by atoms with Crippen molar-refractivity contribution in [2.75, 3.05) is 5.32 Å². The molecule has 12 heteroatoms. The van der Waals surface area contributed by atoms with Gasteiger partial charge in [0.1, 0.15) is 11.4 Å². The van der Waals surface area contributed by atoms with E-state index in [1.165, 1.54) is 0 Å². The molecule has 186 valence electrons. The van der Waals surface area contributed by atoms with Gasteiger partial charge in [-0.15, -0.1) is 0 Å². The molecule has 0 atom stereocenters. The fraction of sp³-hybridized carbons (Fsp3) is 0.348. The first-order valence-corrected chi connectivity index (χ1v) is 10.8. The fourth-order valence-electron chi connectivity index (χ4n) is 3.99. The highest BCUT2D eigenvalue weighted by atomic mass is 19.4. The minimum atomic E-state index is -5.00. The number of hydrogen-bond donors (Lipinski definition) is 2. The molecule has 1 aliphatic rings. The molecule has 1 saturated carbocycles. The third-order valence-electron chi connectivity index (χ3n) is 5.77. The monoisotopic (exact) mass is 497 g/mol. The summed E-state index contributed by atoms with van der Waals surface area (Å²) < 4.78 is 79.9. The van der Waals surface area contributed by atoms with Gasteiger partial charge < -0.3 is 15.2 Å². The minimum absolute atomic E-state index is 0.150. The average Bonchev–Trinajstić information content (AvgIpc) is 3.34. The van der Waals surface area contributed by atoms with Crippen LogP contribution in [-0.2, 0) is 12.4 Å². The summed E-state index contributed by atoms with van der Waals surface area (Å²) in [5.41, 5.74) is -2.16. The highest BCUT2D eigenvalue weighted by Gasteiger charge is 2.39. The van der Waals surface area contributed by atoms with Gasteiger partial charge in [0.05, 0.1) is 6.33 Å². The number of benzene rings is 1. The van der Waals surface area contributed by atoms with Crippen molar-refractivity contribution in [2.24, 2.45) is 0 Å². The molecule has 6 nitrogen and oxygen atoms in total. The van der Waals surface area contributed by atoms with Crippen LogP contribution in [0, 0.1) is 0 Å². The number of hydrogen-bond acceptors (Lipinski definition) is 4. The molecule has 1 amide bonds. The third-order valence-corrected chi connectivity index (χ3v) is 5.77. The summed E-state index contributed by atoms with van der Waals surface area (Å²) in [7, 11) is 0. The Hall–Kier alpha value is -3.57. The Morgan fingerprint density at radius 1 is 0.886 bits per heavy atom. The highest BCUT2D eigenvalue weighted by Crippen LogP contribution is 2.35. The molecule has 0 spiro atoms. The van der Waals surface area contributed by atoms with E-state index in [0.29, 0.717) is 43.4 Å². The van der Waals surface area contributed by atoms with E-state index in [4.69, 9.17) is 0 Å². The van der Waals surface area contributed by atoms with Crippen molar-refractivity contribution in [1.82, 2.24) is 19.9 Å². The first-order chi connectivity index (χ1) is 16.5. The van der Waals surface area contributed by atoms with Crippen molar-refractivity contribution in [1.29, 1.82) is 0 Å². The number of aromatic nitrogens is 3. The van der Waals surface area contributed by atoms with E-state index in [2.05, 4.69) is 20.6 Å². The smallest absolute Gasteiger partial charge is 0.382 e. The van der Waals surface area contributed by atoms with Crippen LogP contribution in [0.4, 0.5) is 32.0 Å². The number of imidazole rings is 1. The van der Waals surface area contributed by atoms with Crippen molar-refractivity contribution in [3.05, 3.63) is 72.1 Å². The van der Waals surface area contributed by atoms with Gasteiger partial charge in [0.2, 0.25) is 0 Å². The summed E-state index contributed by atoms with van der Waals surface area (Å²) in [5.74, 6) is -0.252. The molecule has 2 heterocycles.